The van der Waals surface area contributed by atoms with Crippen molar-refractivity contribution < 1.29 is 49.6 Å². The molecule has 2 heterocycles. The van der Waals surface area contributed by atoms with Gasteiger partial charge in [0.25, 0.3) is 0 Å². The van der Waals surface area contributed by atoms with Crippen LogP contribution in [-0.2, 0) is 18.9 Å². The van der Waals surface area contributed by atoms with E-state index in [2.05, 4.69) is 0 Å². The van der Waals surface area contributed by atoms with Crippen molar-refractivity contribution in [3.63, 3.8) is 0 Å². The second kappa shape index (κ2) is 8.32. The summed E-state index contributed by atoms with van der Waals surface area (Å²) in [6.45, 7) is 0.666. The summed E-state index contributed by atoms with van der Waals surface area (Å²) in [5.41, 5.74) is 0. The highest BCUT2D eigenvalue weighted by Crippen LogP contribution is 2.31. The second-order valence-electron chi connectivity index (χ2n) is 6.11. The van der Waals surface area contributed by atoms with Crippen LogP contribution in [-0.4, -0.2) is 106 Å². The van der Waals surface area contributed by atoms with E-state index in [0.717, 1.165) is 0 Å². The lowest BCUT2D eigenvalue weighted by Crippen LogP contribution is -2.63. The van der Waals surface area contributed by atoms with Gasteiger partial charge >= 0.3 is 0 Å². The molecule has 2 fully saturated rings. The first kappa shape index (κ1) is 19.9. The van der Waals surface area contributed by atoms with Crippen LogP contribution >= 0.6 is 0 Å². The van der Waals surface area contributed by atoms with Gasteiger partial charge in [0.2, 0.25) is 0 Å². The van der Waals surface area contributed by atoms with Gasteiger partial charge in [0.1, 0.15) is 30.5 Å². The Bertz CT molecular complexity index is 392. The van der Waals surface area contributed by atoms with Crippen molar-refractivity contribution in [2.45, 2.75) is 62.2 Å². The van der Waals surface area contributed by atoms with Gasteiger partial charge in [0, 0.05) is 13.0 Å². The summed E-state index contributed by atoms with van der Waals surface area (Å²) in [6.07, 6.45) is -11.2. The number of methoxy groups -OCH3 is 1. The molecule has 10 heteroatoms. The van der Waals surface area contributed by atoms with Crippen molar-refractivity contribution >= 4 is 0 Å². The van der Waals surface area contributed by atoms with Crippen LogP contribution in [0, 0.1) is 5.92 Å². The maximum Gasteiger partial charge on any atom is 0.187 e. The van der Waals surface area contributed by atoms with Crippen LogP contribution in [0.25, 0.3) is 0 Å². The Kier molecular flexibility index (Phi) is 6.90. The highest BCUT2D eigenvalue weighted by molar-refractivity contribution is 4.93. The third-order valence-electron chi connectivity index (χ3n) is 4.59. The molecule has 0 spiro atoms. The van der Waals surface area contributed by atoms with Crippen molar-refractivity contribution in [2.24, 2.45) is 5.92 Å². The van der Waals surface area contributed by atoms with Gasteiger partial charge in [-0.2, -0.15) is 0 Å². The van der Waals surface area contributed by atoms with Gasteiger partial charge in [-0.15, -0.1) is 0 Å². The average molecular weight is 354 g/mol. The number of aliphatic hydroxyl groups is 6. The van der Waals surface area contributed by atoms with Crippen LogP contribution in [0.4, 0.5) is 0 Å². The average Bonchev–Trinajstić information content (AvgIpc) is 2.59. The molecule has 0 aromatic rings. The third kappa shape index (κ3) is 3.73. The molecule has 2 rings (SSSR count). The lowest BCUT2D eigenvalue weighted by Gasteiger charge is -2.46. The number of rotatable bonds is 5. The van der Waals surface area contributed by atoms with Crippen molar-refractivity contribution in [1.29, 1.82) is 0 Å². The molecule has 24 heavy (non-hydrogen) atoms. The van der Waals surface area contributed by atoms with E-state index in [1.165, 1.54) is 7.11 Å². The van der Waals surface area contributed by atoms with Gasteiger partial charge in [-0.25, -0.2) is 0 Å². The SMILES string of the molecule is CO[C@H]1OC(CO)[C@@H](O[C@@H]2OC(CO)[C@H](C)[C@H](O)C2O)C(O)C1O. The van der Waals surface area contributed by atoms with E-state index in [9.17, 15) is 30.6 Å². The van der Waals surface area contributed by atoms with Crippen molar-refractivity contribution in [2.75, 3.05) is 20.3 Å². The molecule has 0 bridgehead atoms. The topological polar surface area (TPSA) is 158 Å². The zero-order chi connectivity index (χ0) is 18.0. The monoisotopic (exact) mass is 354 g/mol. The lowest BCUT2D eigenvalue weighted by molar-refractivity contribution is -0.353. The van der Waals surface area contributed by atoms with Crippen molar-refractivity contribution in [3.8, 4) is 0 Å². The minimum absolute atomic E-state index is 0.396. The van der Waals surface area contributed by atoms with Gasteiger partial charge in [0.05, 0.1) is 25.4 Å². The maximum atomic E-state index is 10.2. The molecule has 10 atom stereocenters. The Morgan fingerprint density at radius 3 is 1.88 bits per heavy atom. The molecule has 0 aromatic heterocycles. The van der Waals surface area contributed by atoms with Gasteiger partial charge in [-0.3, -0.25) is 0 Å². The molecular formula is C14H26O10. The normalized spacial score (nSPS) is 50.0. The van der Waals surface area contributed by atoms with Gasteiger partial charge in [0.15, 0.2) is 12.6 Å². The molecule has 10 nitrogen and oxygen atoms in total. The van der Waals surface area contributed by atoms with E-state index in [-0.39, 0.29) is 0 Å². The Hall–Kier alpha value is -0.400. The van der Waals surface area contributed by atoms with Crippen LogP contribution in [0.1, 0.15) is 6.92 Å². The fraction of sp³-hybridized carbons (Fsp3) is 1.00. The highest BCUT2D eigenvalue weighted by atomic mass is 16.7. The minimum Gasteiger partial charge on any atom is -0.394 e. The van der Waals surface area contributed by atoms with Crippen molar-refractivity contribution in [3.05, 3.63) is 0 Å². The van der Waals surface area contributed by atoms with Crippen LogP contribution < -0.4 is 0 Å². The predicted octanol–water partition coefficient (Wildman–Crippen LogP) is -3.47. The maximum absolute atomic E-state index is 10.2. The standard InChI is InChI=1S/C14H26O10/c1-5-6(3-15)22-14(10(19)8(5)17)24-12-7(4-16)23-13(21-2)11(20)9(12)18/h5-20H,3-4H2,1-2H3/t5-,6?,7?,8-,9?,10?,11?,12+,13-,14-/m0/s1. The Morgan fingerprint density at radius 1 is 0.792 bits per heavy atom. The summed E-state index contributed by atoms with van der Waals surface area (Å²) in [7, 11) is 1.27. The molecule has 2 saturated heterocycles. The fourth-order valence-electron chi connectivity index (χ4n) is 2.96. The van der Waals surface area contributed by atoms with E-state index in [1.807, 2.05) is 0 Å². The van der Waals surface area contributed by atoms with E-state index < -0.39 is 74.4 Å². The summed E-state index contributed by atoms with van der Waals surface area (Å²) in [6, 6.07) is 0. The Balaban J connectivity index is 2.12. The largest absolute Gasteiger partial charge is 0.394 e. The zero-order valence-electron chi connectivity index (χ0n) is 13.5. The quantitative estimate of drug-likeness (QED) is 0.293. The number of aliphatic hydroxyl groups excluding tert-OH is 6. The molecule has 0 saturated carbocycles. The smallest absolute Gasteiger partial charge is 0.187 e. The third-order valence-corrected chi connectivity index (χ3v) is 4.59. The first-order chi connectivity index (χ1) is 11.3. The summed E-state index contributed by atoms with van der Waals surface area (Å²) in [5, 5.41) is 59.0. The number of ether oxygens (including phenoxy) is 4. The first-order valence-electron chi connectivity index (χ1n) is 7.78. The lowest BCUT2D eigenvalue weighted by atomic mass is 9.91. The zero-order valence-corrected chi connectivity index (χ0v) is 13.5. The van der Waals surface area contributed by atoms with Gasteiger partial charge in [-0.1, -0.05) is 6.92 Å². The predicted molar refractivity (Wildman–Crippen MR) is 76.6 cm³/mol. The van der Waals surface area contributed by atoms with Crippen LogP contribution in [0.3, 0.4) is 0 Å². The molecule has 0 radical (unpaired) electrons. The molecule has 0 aromatic carbocycles. The highest BCUT2D eigenvalue weighted by Gasteiger charge is 2.49. The second-order valence-corrected chi connectivity index (χ2v) is 6.11. The molecular weight excluding hydrogens is 328 g/mol. The summed E-state index contributed by atoms with van der Waals surface area (Å²) < 4.78 is 21.1. The minimum atomic E-state index is -1.49. The molecule has 2 aliphatic heterocycles. The van der Waals surface area contributed by atoms with Crippen molar-refractivity contribution in [1.82, 2.24) is 0 Å². The Morgan fingerprint density at radius 2 is 1.33 bits per heavy atom. The fourth-order valence-corrected chi connectivity index (χ4v) is 2.96. The molecule has 0 amide bonds. The van der Waals surface area contributed by atoms with E-state index in [0.29, 0.717) is 0 Å². The van der Waals surface area contributed by atoms with E-state index in [4.69, 9.17) is 18.9 Å². The first-order valence-corrected chi connectivity index (χ1v) is 7.78. The van der Waals surface area contributed by atoms with Crippen LogP contribution in [0.5, 0.6) is 0 Å². The summed E-state index contributed by atoms with van der Waals surface area (Å²) in [4.78, 5) is 0. The van der Waals surface area contributed by atoms with Gasteiger partial charge in [-0.05, 0) is 0 Å². The molecule has 2 aliphatic rings. The molecule has 5 unspecified atom stereocenters. The van der Waals surface area contributed by atoms with Gasteiger partial charge < -0.3 is 49.6 Å². The molecule has 0 aliphatic carbocycles. The van der Waals surface area contributed by atoms with Crippen LogP contribution in [0.2, 0.25) is 0 Å². The molecule has 6 N–H and O–H groups in total. The summed E-state index contributed by atoms with van der Waals surface area (Å²) in [5.74, 6) is -0.533. The number of hydrogen-bond acceptors (Lipinski definition) is 10. The van der Waals surface area contributed by atoms with E-state index in [1.54, 1.807) is 6.92 Å². The molecule has 142 valence electrons. The van der Waals surface area contributed by atoms with E-state index >= 15 is 0 Å². The van der Waals surface area contributed by atoms with Crippen LogP contribution in [0.15, 0.2) is 0 Å². The number of hydrogen-bond donors (Lipinski definition) is 6. The Labute approximate surface area is 139 Å². The summed E-state index contributed by atoms with van der Waals surface area (Å²) >= 11 is 0.